The van der Waals surface area contributed by atoms with Gasteiger partial charge in [-0.25, -0.2) is 13.2 Å². The van der Waals surface area contributed by atoms with Crippen molar-refractivity contribution in [3.05, 3.63) is 53.1 Å². The standard InChI is InChI=1S/C18H18ClNO7S/c1-25-13-5-7-14(8-6-13)28(23,24)20(11-17(21)26-2)16-10-12(18(22)27-3)4-9-15(16)19/h4-10H,11H2,1-3H3. The van der Waals surface area contributed by atoms with E-state index >= 15 is 0 Å². The molecule has 0 N–H and O–H groups in total. The molecule has 0 aromatic heterocycles. The molecule has 0 atom stereocenters. The summed E-state index contributed by atoms with van der Waals surface area (Å²) in [5, 5.41) is 0.0219. The second kappa shape index (κ2) is 8.94. The summed E-state index contributed by atoms with van der Waals surface area (Å²) >= 11 is 6.18. The largest absolute Gasteiger partial charge is 0.497 e. The summed E-state index contributed by atoms with van der Waals surface area (Å²) in [6.07, 6.45) is 0. The Balaban J connectivity index is 2.61. The van der Waals surface area contributed by atoms with Crippen LogP contribution in [0.25, 0.3) is 0 Å². The number of anilines is 1. The zero-order chi connectivity index (χ0) is 20.9. The van der Waals surface area contributed by atoms with Gasteiger partial charge in [0.05, 0.1) is 42.5 Å². The van der Waals surface area contributed by atoms with Gasteiger partial charge in [-0.05, 0) is 42.5 Å². The molecule has 8 nitrogen and oxygen atoms in total. The SMILES string of the molecule is COC(=O)CN(c1cc(C(=O)OC)ccc1Cl)S(=O)(=O)c1ccc(OC)cc1. The molecule has 0 spiro atoms. The lowest BCUT2D eigenvalue weighted by atomic mass is 10.2. The molecule has 0 heterocycles. The fourth-order valence-corrected chi connectivity index (χ4v) is 3.99. The van der Waals surface area contributed by atoms with Crippen molar-refractivity contribution in [3.63, 3.8) is 0 Å². The summed E-state index contributed by atoms with van der Waals surface area (Å²) in [5.41, 5.74) is 0.00693. The second-order valence-corrected chi connectivity index (χ2v) is 7.69. The predicted molar refractivity (Wildman–Crippen MR) is 102 cm³/mol. The molecule has 0 aliphatic carbocycles. The maximum atomic E-state index is 13.2. The van der Waals surface area contributed by atoms with Gasteiger partial charge in [0, 0.05) is 0 Å². The lowest BCUT2D eigenvalue weighted by Gasteiger charge is -2.24. The van der Waals surface area contributed by atoms with Crippen molar-refractivity contribution in [1.82, 2.24) is 0 Å². The van der Waals surface area contributed by atoms with Crippen molar-refractivity contribution in [1.29, 1.82) is 0 Å². The highest BCUT2D eigenvalue weighted by Gasteiger charge is 2.30. The van der Waals surface area contributed by atoms with Crippen LogP contribution in [0, 0.1) is 0 Å². The van der Waals surface area contributed by atoms with Crippen molar-refractivity contribution in [2.24, 2.45) is 0 Å². The summed E-state index contributed by atoms with van der Waals surface area (Å²) in [7, 11) is -0.443. The van der Waals surface area contributed by atoms with Crippen molar-refractivity contribution >= 4 is 39.3 Å². The molecular formula is C18H18ClNO7S. The van der Waals surface area contributed by atoms with Gasteiger partial charge in [-0.15, -0.1) is 0 Å². The maximum Gasteiger partial charge on any atom is 0.337 e. The molecule has 28 heavy (non-hydrogen) atoms. The number of nitrogens with zero attached hydrogens (tertiary/aromatic N) is 1. The van der Waals surface area contributed by atoms with Crippen LogP contribution in [0.15, 0.2) is 47.4 Å². The van der Waals surface area contributed by atoms with Crippen LogP contribution in [0.3, 0.4) is 0 Å². The van der Waals surface area contributed by atoms with E-state index in [0.29, 0.717) is 5.75 Å². The Kier molecular flexibility index (Phi) is 6.87. The van der Waals surface area contributed by atoms with E-state index in [4.69, 9.17) is 16.3 Å². The summed E-state index contributed by atoms with van der Waals surface area (Å²) in [5.74, 6) is -1.03. The fourth-order valence-electron chi connectivity index (χ4n) is 2.30. The number of sulfonamides is 1. The smallest absolute Gasteiger partial charge is 0.337 e. The minimum atomic E-state index is -4.22. The summed E-state index contributed by atoms with van der Waals surface area (Å²) in [6.45, 7) is -0.644. The van der Waals surface area contributed by atoms with Gasteiger partial charge in [-0.1, -0.05) is 11.6 Å². The van der Waals surface area contributed by atoms with E-state index in [2.05, 4.69) is 9.47 Å². The average Bonchev–Trinajstić information content (AvgIpc) is 2.71. The number of rotatable bonds is 7. The molecule has 0 aliphatic heterocycles. The van der Waals surface area contributed by atoms with Gasteiger partial charge in [-0.2, -0.15) is 0 Å². The van der Waals surface area contributed by atoms with E-state index < -0.39 is 28.5 Å². The number of hydrogen-bond donors (Lipinski definition) is 0. The fraction of sp³-hybridized carbons (Fsp3) is 0.222. The number of hydrogen-bond acceptors (Lipinski definition) is 7. The van der Waals surface area contributed by atoms with E-state index in [1.807, 2.05) is 0 Å². The number of esters is 2. The Labute approximate surface area is 167 Å². The monoisotopic (exact) mass is 427 g/mol. The first-order valence-electron chi connectivity index (χ1n) is 7.86. The normalized spacial score (nSPS) is 10.9. The van der Waals surface area contributed by atoms with Gasteiger partial charge in [0.1, 0.15) is 12.3 Å². The number of ether oxygens (including phenoxy) is 3. The number of methoxy groups -OCH3 is 3. The predicted octanol–water partition coefficient (Wildman–Crippen LogP) is 2.50. The molecule has 10 heteroatoms. The summed E-state index contributed by atoms with van der Waals surface area (Å²) in [6, 6.07) is 9.56. The third-order valence-electron chi connectivity index (χ3n) is 3.78. The Morgan fingerprint density at radius 3 is 2.18 bits per heavy atom. The van der Waals surface area contributed by atoms with Crippen LogP contribution in [0.4, 0.5) is 5.69 Å². The molecule has 0 bridgehead atoms. The molecule has 0 amide bonds. The number of carbonyl (C=O) groups is 2. The van der Waals surface area contributed by atoms with Crippen LogP contribution >= 0.6 is 11.6 Å². The van der Waals surface area contributed by atoms with Gasteiger partial charge in [0.25, 0.3) is 10.0 Å². The summed E-state index contributed by atoms with van der Waals surface area (Å²) < 4.78 is 41.4. The topological polar surface area (TPSA) is 99.2 Å². The third-order valence-corrected chi connectivity index (χ3v) is 5.88. The first-order chi connectivity index (χ1) is 13.2. The minimum Gasteiger partial charge on any atom is -0.497 e. The highest BCUT2D eigenvalue weighted by Crippen LogP contribution is 2.32. The molecule has 0 radical (unpaired) electrons. The van der Waals surface area contributed by atoms with Gasteiger partial charge in [0.2, 0.25) is 0 Å². The molecule has 2 aromatic carbocycles. The van der Waals surface area contributed by atoms with Gasteiger partial charge in [-0.3, -0.25) is 9.10 Å². The quantitative estimate of drug-likeness (QED) is 0.626. The lowest BCUT2D eigenvalue weighted by Crippen LogP contribution is -2.36. The lowest BCUT2D eigenvalue weighted by molar-refractivity contribution is -0.138. The van der Waals surface area contributed by atoms with Crippen molar-refractivity contribution < 1.29 is 32.2 Å². The van der Waals surface area contributed by atoms with E-state index in [9.17, 15) is 18.0 Å². The Morgan fingerprint density at radius 2 is 1.64 bits per heavy atom. The number of halogens is 1. The van der Waals surface area contributed by atoms with Crippen LogP contribution in [-0.2, 0) is 24.3 Å². The van der Waals surface area contributed by atoms with Crippen molar-refractivity contribution in [2.75, 3.05) is 32.2 Å². The first-order valence-corrected chi connectivity index (χ1v) is 9.68. The average molecular weight is 428 g/mol. The van der Waals surface area contributed by atoms with Crippen LogP contribution in [0.5, 0.6) is 5.75 Å². The van der Waals surface area contributed by atoms with Crippen LogP contribution in [0.1, 0.15) is 10.4 Å². The van der Waals surface area contributed by atoms with Crippen LogP contribution in [0.2, 0.25) is 5.02 Å². The molecule has 0 aliphatic rings. The Bertz CT molecular complexity index is 974. The van der Waals surface area contributed by atoms with Crippen molar-refractivity contribution in [2.45, 2.75) is 4.90 Å². The van der Waals surface area contributed by atoms with E-state index in [-0.39, 0.29) is 21.2 Å². The minimum absolute atomic E-state index is 0.0219. The Hall–Kier alpha value is -2.78. The summed E-state index contributed by atoms with van der Waals surface area (Å²) in [4.78, 5) is 23.6. The van der Waals surface area contributed by atoms with Crippen molar-refractivity contribution in [3.8, 4) is 5.75 Å². The van der Waals surface area contributed by atoms with E-state index in [0.717, 1.165) is 11.4 Å². The molecule has 0 saturated carbocycles. The van der Waals surface area contributed by atoms with Gasteiger partial charge < -0.3 is 14.2 Å². The maximum absolute atomic E-state index is 13.2. The van der Waals surface area contributed by atoms with E-state index in [1.165, 1.54) is 56.7 Å². The molecule has 0 unspecified atom stereocenters. The highest BCUT2D eigenvalue weighted by atomic mass is 35.5. The van der Waals surface area contributed by atoms with E-state index in [1.54, 1.807) is 0 Å². The molecule has 0 fully saturated rings. The molecule has 2 aromatic rings. The number of benzene rings is 2. The third kappa shape index (κ3) is 4.55. The highest BCUT2D eigenvalue weighted by molar-refractivity contribution is 7.92. The zero-order valence-electron chi connectivity index (χ0n) is 15.3. The molecule has 150 valence electrons. The Morgan fingerprint density at radius 1 is 1.00 bits per heavy atom. The van der Waals surface area contributed by atoms with Crippen LogP contribution in [-0.4, -0.2) is 48.2 Å². The number of carbonyl (C=O) groups excluding carboxylic acids is 2. The molecule has 0 saturated heterocycles. The molecule has 2 rings (SSSR count). The van der Waals surface area contributed by atoms with Crippen LogP contribution < -0.4 is 9.04 Å². The zero-order valence-corrected chi connectivity index (χ0v) is 16.9. The second-order valence-electron chi connectivity index (χ2n) is 5.42. The first kappa shape index (κ1) is 21.5. The molecular weight excluding hydrogens is 410 g/mol. The van der Waals surface area contributed by atoms with Gasteiger partial charge >= 0.3 is 11.9 Å². The van der Waals surface area contributed by atoms with Gasteiger partial charge in [0.15, 0.2) is 0 Å².